The van der Waals surface area contributed by atoms with Gasteiger partial charge in [0.15, 0.2) is 0 Å². The molecule has 1 unspecified atom stereocenters. The number of hydrogen-bond donors (Lipinski definition) is 2. The first kappa shape index (κ1) is 9.03. The van der Waals surface area contributed by atoms with Gasteiger partial charge >= 0.3 is 18.9 Å². The number of rotatable bonds is 1. The van der Waals surface area contributed by atoms with Gasteiger partial charge in [0.1, 0.15) is 0 Å². The van der Waals surface area contributed by atoms with Gasteiger partial charge in [-0.15, -0.1) is 6.54 Å². The topological polar surface area (TPSA) is 64.0 Å². The van der Waals surface area contributed by atoms with Crippen LogP contribution in [0.3, 0.4) is 0 Å². The van der Waals surface area contributed by atoms with Crippen LogP contribution in [0.5, 0.6) is 0 Å². The second-order valence-electron chi connectivity index (χ2n) is 2.02. The molecule has 0 aromatic heterocycles. The minimum atomic E-state index is 0. The van der Waals surface area contributed by atoms with Crippen LogP contribution in [0, 0.1) is 5.41 Å². The molecule has 0 amide bonds. The van der Waals surface area contributed by atoms with Crippen molar-refractivity contribution in [1.82, 2.24) is 0 Å². The molecule has 3 nitrogen and oxygen atoms in total. The van der Waals surface area contributed by atoms with E-state index in [4.69, 9.17) is 11.1 Å². The molecular formula is C5H10LiN3. The van der Waals surface area contributed by atoms with Crippen molar-refractivity contribution < 1.29 is 18.9 Å². The molecule has 1 rings (SSSR count). The average Bonchev–Trinajstić information content (AvgIpc) is 2.12. The van der Waals surface area contributed by atoms with E-state index in [-0.39, 0.29) is 30.7 Å². The van der Waals surface area contributed by atoms with Crippen LogP contribution in [0.2, 0.25) is 0 Å². The first-order valence-electron chi connectivity index (χ1n) is 2.81. The van der Waals surface area contributed by atoms with Gasteiger partial charge in [-0.25, -0.2) is 0 Å². The van der Waals surface area contributed by atoms with Crippen molar-refractivity contribution in [2.45, 2.75) is 18.9 Å². The normalized spacial score (nSPS) is 25.1. The molecule has 0 saturated carbocycles. The van der Waals surface area contributed by atoms with Gasteiger partial charge in [0, 0.05) is 0 Å². The van der Waals surface area contributed by atoms with Crippen molar-refractivity contribution in [2.24, 2.45) is 5.73 Å². The first-order chi connectivity index (χ1) is 3.80. The van der Waals surface area contributed by atoms with Crippen molar-refractivity contribution in [3.05, 3.63) is 5.32 Å². The van der Waals surface area contributed by atoms with Gasteiger partial charge in [0.25, 0.3) is 0 Å². The minimum absolute atomic E-state index is 0. The maximum Gasteiger partial charge on any atom is 1.00 e. The Bertz CT molecular complexity index is 98.4. The number of amidine groups is 1. The van der Waals surface area contributed by atoms with E-state index in [9.17, 15) is 0 Å². The standard InChI is InChI=1S/C5H10N3.Li/c6-5(7)4-2-1-3-8-4;/h4H,1-3H2,(H3,6,7);/q-1;+1. The van der Waals surface area contributed by atoms with Crippen LogP contribution in [0.4, 0.5) is 0 Å². The quantitative estimate of drug-likeness (QED) is 0.223. The molecule has 1 aliphatic rings. The molecule has 46 valence electrons. The van der Waals surface area contributed by atoms with Crippen LogP contribution in [-0.4, -0.2) is 18.4 Å². The molecule has 1 heterocycles. The van der Waals surface area contributed by atoms with Gasteiger partial charge in [-0.3, -0.25) is 5.41 Å². The Hall–Kier alpha value is 0.0274. The summed E-state index contributed by atoms with van der Waals surface area (Å²) in [5.41, 5.74) is 5.19. The molecule has 1 atom stereocenters. The molecule has 1 fully saturated rings. The monoisotopic (exact) mass is 119 g/mol. The predicted molar refractivity (Wildman–Crippen MR) is 33.2 cm³/mol. The molecule has 0 spiro atoms. The fraction of sp³-hybridized carbons (Fsp3) is 0.800. The summed E-state index contributed by atoms with van der Waals surface area (Å²) in [7, 11) is 0. The van der Waals surface area contributed by atoms with E-state index in [1.807, 2.05) is 0 Å². The smallest absolute Gasteiger partial charge is 0.653 e. The SMILES string of the molecule is N=C(N)C1CCC[N-]1.[Li+]. The minimum Gasteiger partial charge on any atom is -0.653 e. The summed E-state index contributed by atoms with van der Waals surface area (Å²) in [6.07, 6.45) is 2.08. The van der Waals surface area contributed by atoms with Crippen molar-refractivity contribution >= 4 is 5.84 Å². The molecule has 1 aliphatic heterocycles. The average molecular weight is 119 g/mol. The second-order valence-corrected chi connectivity index (χ2v) is 2.02. The van der Waals surface area contributed by atoms with Crippen molar-refractivity contribution in [1.29, 1.82) is 5.41 Å². The summed E-state index contributed by atoms with van der Waals surface area (Å²) in [5.74, 6) is 0.225. The van der Waals surface area contributed by atoms with Crippen LogP contribution in [0.25, 0.3) is 5.32 Å². The van der Waals surface area contributed by atoms with Crippen molar-refractivity contribution in [2.75, 3.05) is 6.54 Å². The fourth-order valence-corrected chi connectivity index (χ4v) is 0.877. The second kappa shape index (κ2) is 3.94. The Morgan fingerprint density at radius 2 is 2.33 bits per heavy atom. The third kappa shape index (κ3) is 2.40. The molecule has 0 aromatic carbocycles. The van der Waals surface area contributed by atoms with Crippen molar-refractivity contribution in [3.8, 4) is 0 Å². The molecule has 0 radical (unpaired) electrons. The van der Waals surface area contributed by atoms with Gasteiger partial charge in [-0.05, 0) is 0 Å². The fourth-order valence-electron chi connectivity index (χ4n) is 0.877. The van der Waals surface area contributed by atoms with Crippen LogP contribution in [0.15, 0.2) is 0 Å². The number of nitrogens with one attached hydrogen (secondary N) is 1. The summed E-state index contributed by atoms with van der Waals surface area (Å²) in [6, 6.07) is 0.0509. The Labute approximate surface area is 67.1 Å². The summed E-state index contributed by atoms with van der Waals surface area (Å²) in [4.78, 5) is 0. The van der Waals surface area contributed by atoms with Crippen LogP contribution >= 0.6 is 0 Å². The summed E-state index contributed by atoms with van der Waals surface area (Å²) in [5, 5.41) is 11.1. The summed E-state index contributed by atoms with van der Waals surface area (Å²) in [6.45, 7) is 0.893. The number of nitrogens with two attached hydrogens (primary N) is 1. The first-order valence-corrected chi connectivity index (χ1v) is 2.81. The van der Waals surface area contributed by atoms with Gasteiger partial charge in [-0.1, -0.05) is 18.9 Å². The van der Waals surface area contributed by atoms with Crippen LogP contribution in [-0.2, 0) is 0 Å². The van der Waals surface area contributed by atoms with Crippen LogP contribution < -0.4 is 24.6 Å². The van der Waals surface area contributed by atoms with Gasteiger partial charge < -0.3 is 11.1 Å². The van der Waals surface area contributed by atoms with Gasteiger partial charge in [-0.2, -0.15) is 0 Å². The van der Waals surface area contributed by atoms with E-state index in [1.165, 1.54) is 0 Å². The Morgan fingerprint density at radius 3 is 2.56 bits per heavy atom. The maximum atomic E-state index is 6.98. The molecule has 0 bridgehead atoms. The zero-order chi connectivity index (χ0) is 5.98. The van der Waals surface area contributed by atoms with E-state index in [2.05, 4.69) is 5.32 Å². The third-order valence-corrected chi connectivity index (χ3v) is 1.34. The third-order valence-electron chi connectivity index (χ3n) is 1.34. The van der Waals surface area contributed by atoms with Gasteiger partial charge in [0.05, 0.1) is 5.84 Å². The van der Waals surface area contributed by atoms with E-state index in [0.29, 0.717) is 0 Å². The largest absolute Gasteiger partial charge is 1.00 e. The van der Waals surface area contributed by atoms with E-state index < -0.39 is 0 Å². The zero-order valence-corrected chi connectivity index (χ0v) is 5.72. The molecule has 1 saturated heterocycles. The summed E-state index contributed by atoms with van der Waals surface area (Å²) < 4.78 is 0. The Kier molecular flexibility index (Phi) is 3.95. The summed E-state index contributed by atoms with van der Waals surface area (Å²) >= 11 is 0. The van der Waals surface area contributed by atoms with E-state index >= 15 is 0 Å². The predicted octanol–water partition coefficient (Wildman–Crippen LogP) is -2.54. The Balaban J connectivity index is 0.000000640. The molecule has 3 N–H and O–H groups in total. The molecule has 9 heavy (non-hydrogen) atoms. The zero-order valence-electron chi connectivity index (χ0n) is 5.72. The maximum absolute atomic E-state index is 6.98. The van der Waals surface area contributed by atoms with Gasteiger partial charge in [0.2, 0.25) is 0 Å². The molecule has 0 aliphatic carbocycles. The van der Waals surface area contributed by atoms with E-state index in [0.717, 1.165) is 19.4 Å². The van der Waals surface area contributed by atoms with E-state index in [1.54, 1.807) is 0 Å². The molecule has 0 aromatic rings. The molecular weight excluding hydrogens is 109 g/mol. The Morgan fingerprint density at radius 1 is 1.67 bits per heavy atom. The van der Waals surface area contributed by atoms with Crippen molar-refractivity contribution in [3.63, 3.8) is 0 Å². The molecule has 4 heteroatoms. The van der Waals surface area contributed by atoms with Crippen LogP contribution in [0.1, 0.15) is 12.8 Å². The number of hydrogen-bond acceptors (Lipinski definition) is 1. The number of nitrogens with zero attached hydrogens (tertiary/aromatic N) is 1.